The third-order valence-corrected chi connectivity index (χ3v) is 3.63. The van der Waals surface area contributed by atoms with Crippen molar-refractivity contribution in [2.75, 3.05) is 0 Å². The maximum Gasteiger partial charge on any atom is 0.198 e. The number of benzene rings is 2. The zero-order valence-corrected chi connectivity index (χ0v) is 12.5. The predicted octanol–water partition coefficient (Wildman–Crippen LogP) is 3.59. The Morgan fingerprint density at radius 2 is 1.41 bits per heavy atom. The molecule has 1 unspecified atom stereocenters. The van der Waals surface area contributed by atoms with Crippen LogP contribution in [0.15, 0.2) is 60.7 Å². The fourth-order valence-corrected chi connectivity index (χ4v) is 2.39. The molecule has 2 rings (SSSR count). The van der Waals surface area contributed by atoms with Crippen LogP contribution in [0, 0.1) is 0 Å². The van der Waals surface area contributed by atoms with Crippen molar-refractivity contribution in [2.24, 2.45) is 0 Å². The lowest BCUT2D eigenvalue weighted by Gasteiger charge is -2.16. The van der Waals surface area contributed by atoms with Gasteiger partial charge >= 0.3 is 0 Å². The van der Waals surface area contributed by atoms with Crippen molar-refractivity contribution >= 4 is 17.3 Å². The molecular formula is C19H18O3. The van der Waals surface area contributed by atoms with Crippen molar-refractivity contribution in [1.29, 1.82) is 0 Å². The lowest BCUT2D eigenvalue weighted by atomic mass is 9.86. The first-order valence-electron chi connectivity index (χ1n) is 7.27. The van der Waals surface area contributed by atoms with E-state index >= 15 is 0 Å². The van der Waals surface area contributed by atoms with Crippen LogP contribution in [0.5, 0.6) is 0 Å². The molecule has 0 N–H and O–H groups in total. The van der Waals surface area contributed by atoms with Crippen LogP contribution in [0.1, 0.15) is 41.6 Å². The highest BCUT2D eigenvalue weighted by molar-refractivity contribution is 6.36. The summed E-state index contributed by atoms with van der Waals surface area (Å²) in [5.74, 6) is -1.32. The number of carbonyl (C=O) groups excluding carboxylic acids is 3. The minimum atomic E-state index is -0.459. The van der Waals surface area contributed by atoms with Gasteiger partial charge in [-0.1, -0.05) is 60.7 Å². The topological polar surface area (TPSA) is 51.2 Å². The van der Waals surface area contributed by atoms with Crippen molar-refractivity contribution in [3.63, 3.8) is 0 Å². The van der Waals surface area contributed by atoms with Gasteiger partial charge in [0.2, 0.25) is 0 Å². The normalized spacial score (nSPS) is 11.7. The molecule has 112 valence electrons. The predicted molar refractivity (Wildman–Crippen MR) is 84.9 cm³/mol. The van der Waals surface area contributed by atoms with Crippen LogP contribution in [0.2, 0.25) is 0 Å². The minimum Gasteiger partial charge on any atom is -0.293 e. The quantitative estimate of drug-likeness (QED) is 0.579. The standard InChI is InChI=1S/C19H18O3/c1-14(20)18(21)13-12-17(15-8-4-2-5-9-15)19(22)16-10-6-3-7-11-16/h2-11,17H,12-13H2,1H3. The van der Waals surface area contributed by atoms with Gasteiger partial charge in [0.15, 0.2) is 17.3 Å². The third kappa shape index (κ3) is 3.98. The number of ketones is 3. The molecule has 0 aliphatic heterocycles. The van der Waals surface area contributed by atoms with E-state index in [4.69, 9.17) is 0 Å². The molecule has 0 fully saturated rings. The summed E-state index contributed by atoms with van der Waals surface area (Å²) in [5, 5.41) is 0. The summed E-state index contributed by atoms with van der Waals surface area (Å²) in [4.78, 5) is 35.4. The van der Waals surface area contributed by atoms with Gasteiger partial charge in [-0.15, -0.1) is 0 Å². The van der Waals surface area contributed by atoms with Gasteiger partial charge < -0.3 is 0 Å². The van der Waals surface area contributed by atoms with Crippen LogP contribution in [0.3, 0.4) is 0 Å². The van der Waals surface area contributed by atoms with Crippen LogP contribution in [0.4, 0.5) is 0 Å². The lowest BCUT2D eigenvalue weighted by molar-refractivity contribution is -0.135. The SMILES string of the molecule is CC(=O)C(=O)CCC(C(=O)c1ccccc1)c1ccccc1. The summed E-state index contributed by atoms with van der Waals surface area (Å²) in [6, 6.07) is 18.4. The van der Waals surface area contributed by atoms with E-state index in [1.54, 1.807) is 12.1 Å². The van der Waals surface area contributed by atoms with Crippen LogP contribution in [-0.2, 0) is 9.59 Å². The second-order valence-electron chi connectivity index (χ2n) is 5.21. The van der Waals surface area contributed by atoms with Gasteiger partial charge in [0.1, 0.15) is 0 Å². The molecule has 0 heterocycles. The Labute approximate surface area is 130 Å². The highest BCUT2D eigenvalue weighted by Gasteiger charge is 2.23. The first-order valence-corrected chi connectivity index (χ1v) is 7.27. The molecule has 0 saturated heterocycles. The Morgan fingerprint density at radius 1 is 0.864 bits per heavy atom. The molecule has 3 heteroatoms. The van der Waals surface area contributed by atoms with Gasteiger partial charge in [0.05, 0.1) is 0 Å². The van der Waals surface area contributed by atoms with Gasteiger partial charge in [-0.3, -0.25) is 14.4 Å². The zero-order valence-electron chi connectivity index (χ0n) is 12.5. The van der Waals surface area contributed by atoms with Gasteiger partial charge in [-0.25, -0.2) is 0 Å². The first kappa shape index (κ1) is 15.8. The number of carbonyl (C=O) groups is 3. The highest BCUT2D eigenvalue weighted by Crippen LogP contribution is 2.26. The second-order valence-corrected chi connectivity index (χ2v) is 5.21. The third-order valence-electron chi connectivity index (χ3n) is 3.63. The minimum absolute atomic E-state index is 0.0249. The Hall–Kier alpha value is -2.55. The molecule has 0 spiro atoms. The van der Waals surface area contributed by atoms with Crippen LogP contribution < -0.4 is 0 Å². The van der Waals surface area contributed by atoms with Crippen LogP contribution >= 0.6 is 0 Å². The number of Topliss-reactive ketones (excluding diaryl/α,β-unsaturated/α-hetero) is 3. The molecule has 0 bridgehead atoms. The summed E-state index contributed by atoms with van der Waals surface area (Å²) >= 11 is 0. The second kappa shape index (κ2) is 7.46. The van der Waals surface area contributed by atoms with E-state index in [-0.39, 0.29) is 12.2 Å². The molecule has 0 saturated carbocycles. The summed E-state index contributed by atoms with van der Waals surface area (Å²) in [6.07, 6.45) is 0.434. The Bertz CT molecular complexity index is 660. The molecule has 2 aromatic carbocycles. The monoisotopic (exact) mass is 294 g/mol. The average Bonchev–Trinajstić information content (AvgIpc) is 2.56. The Kier molecular flexibility index (Phi) is 5.37. The van der Waals surface area contributed by atoms with Gasteiger partial charge in [0.25, 0.3) is 0 Å². The summed E-state index contributed by atoms with van der Waals surface area (Å²) in [5.41, 5.74) is 1.49. The van der Waals surface area contributed by atoms with Crippen molar-refractivity contribution in [3.05, 3.63) is 71.8 Å². The zero-order chi connectivity index (χ0) is 15.9. The molecule has 22 heavy (non-hydrogen) atoms. The summed E-state index contributed by atoms with van der Waals surface area (Å²) in [7, 11) is 0. The van der Waals surface area contributed by atoms with Crippen molar-refractivity contribution in [3.8, 4) is 0 Å². The van der Waals surface area contributed by atoms with E-state index in [1.165, 1.54) is 6.92 Å². The van der Waals surface area contributed by atoms with E-state index in [0.717, 1.165) is 5.56 Å². The fraction of sp³-hybridized carbons (Fsp3) is 0.211. The Balaban J connectivity index is 2.24. The van der Waals surface area contributed by atoms with Gasteiger partial charge in [0, 0.05) is 24.8 Å². The first-order chi connectivity index (χ1) is 10.6. The van der Waals surface area contributed by atoms with Gasteiger partial charge in [-0.05, 0) is 12.0 Å². The fourth-order valence-electron chi connectivity index (χ4n) is 2.39. The average molecular weight is 294 g/mol. The summed E-state index contributed by atoms with van der Waals surface area (Å²) in [6.45, 7) is 1.26. The number of rotatable bonds is 7. The molecular weight excluding hydrogens is 276 g/mol. The largest absolute Gasteiger partial charge is 0.293 e. The highest BCUT2D eigenvalue weighted by atomic mass is 16.2. The molecule has 0 aliphatic carbocycles. The molecule has 0 radical (unpaired) electrons. The van der Waals surface area contributed by atoms with Gasteiger partial charge in [-0.2, -0.15) is 0 Å². The van der Waals surface area contributed by atoms with E-state index in [9.17, 15) is 14.4 Å². The molecule has 0 aromatic heterocycles. The van der Waals surface area contributed by atoms with E-state index < -0.39 is 17.5 Å². The molecule has 2 aromatic rings. The van der Waals surface area contributed by atoms with Crippen LogP contribution in [-0.4, -0.2) is 17.3 Å². The maximum atomic E-state index is 12.7. The number of hydrogen-bond donors (Lipinski definition) is 0. The summed E-state index contributed by atoms with van der Waals surface area (Å²) < 4.78 is 0. The van der Waals surface area contributed by atoms with Crippen molar-refractivity contribution in [1.82, 2.24) is 0 Å². The molecule has 0 amide bonds. The molecule has 0 aliphatic rings. The Morgan fingerprint density at radius 3 is 1.95 bits per heavy atom. The van der Waals surface area contributed by atoms with E-state index in [0.29, 0.717) is 12.0 Å². The molecule has 1 atom stereocenters. The number of hydrogen-bond acceptors (Lipinski definition) is 3. The van der Waals surface area contributed by atoms with E-state index in [2.05, 4.69) is 0 Å². The van der Waals surface area contributed by atoms with Crippen molar-refractivity contribution in [2.45, 2.75) is 25.7 Å². The van der Waals surface area contributed by atoms with E-state index in [1.807, 2.05) is 48.5 Å². The molecule has 3 nitrogen and oxygen atoms in total. The van der Waals surface area contributed by atoms with Crippen molar-refractivity contribution < 1.29 is 14.4 Å². The lowest BCUT2D eigenvalue weighted by Crippen LogP contribution is -2.17. The maximum absolute atomic E-state index is 12.7. The van der Waals surface area contributed by atoms with Crippen LogP contribution in [0.25, 0.3) is 0 Å². The smallest absolute Gasteiger partial charge is 0.198 e.